The molecule has 0 fully saturated rings. The Hall–Kier alpha value is -1.57. The van der Waals surface area contributed by atoms with E-state index in [1.165, 1.54) is 127 Å². The third-order valence-electron chi connectivity index (χ3n) is 7.26. The average molecular weight is 468 g/mol. The van der Waals surface area contributed by atoms with Crippen LogP contribution in [0.1, 0.15) is 141 Å². The molecule has 0 unspecified atom stereocenters. The molecule has 192 valence electrons. The van der Waals surface area contributed by atoms with Crippen molar-refractivity contribution in [2.24, 2.45) is 0 Å². The maximum Gasteiger partial charge on any atom is 0.260 e. The van der Waals surface area contributed by atoms with E-state index in [-0.39, 0.29) is 0 Å². The Bertz CT molecular complexity index is 703. The largest absolute Gasteiger partial charge is 0.260 e. The van der Waals surface area contributed by atoms with Crippen LogP contribution >= 0.6 is 0 Å². The summed E-state index contributed by atoms with van der Waals surface area (Å²) in [4.78, 5) is 0. The van der Waals surface area contributed by atoms with Crippen LogP contribution in [0.5, 0.6) is 0 Å². The van der Waals surface area contributed by atoms with E-state index in [1.54, 1.807) is 0 Å². The standard InChI is InChI=1S/C32H55N2/c1-3-5-6-7-8-9-10-11-12-13-14-15-16-17-18-19-23-27-34-29-28-33(26-4-2)32(34)30-31-24-21-20-22-25-31/h20-22,24-25,28-29H,3-19,23,26-27,30H2,1-2H3/q+1. The summed E-state index contributed by atoms with van der Waals surface area (Å²) in [6.07, 6.45) is 31.2. The van der Waals surface area contributed by atoms with Crippen LogP contribution in [0.15, 0.2) is 42.7 Å². The molecule has 2 heteroatoms. The van der Waals surface area contributed by atoms with Gasteiger partial charge in [0.2, 0.25) is 0 Å². The molecule has 34 heavy (non-hydrogen) atoms. The molecule has 2 nitrogen and oxygen atoms in total. The highest BCUT2D eigenvalue weighted by Gasteiger charge is 2.16. The van der Waals surface area contributed by atoms with E-state index in [2.05, 4.69) is 65.7 Å². The van der Waals surface area contributed by atoms with Gasteiger partial charge < -0.3 is 0 Å². The maximum absolute atomic E-state index is 2.51. The quantitative estimate of drug-likeness (QED) is 0.120. The summed E-state index contributed by atoms with van der Waals surface area (Å²) in [5.74, 6) is 1.46. The van der Waals surface area contributed by atoms with Crippen LogP contribution in [0.2, 0.25) is 0 Å². The monoisotopic (exact) mass is 467 g/mol. The molecule has 0 aliphatic rings. The van der Waals surface area contributed by atoms with Crippen molar-refractivity contribution < 1.29 is 4.57 Å². The van der Waals surface area contributed by atoms with Crippen LogP contribution < -0.4 is 4.57 Å². The SMILES string of the molecule is CCCCCCCCCCCCCCCCCCC[n+]1ccn(CCC)c1Cc1ccccc1. The molecule has 1 heterocycles. The molecule has 2 rings (SSSR count). The minimum absolute atomic E-state index is 1.03. The molecular formula is C32H55N2+. The fraction of sp³-hybridized carbons (Fsp3) is 0.719. The molecule has 0 aliphatic heterocycles. The first-order valence-electron chi connectivity index (χ1n) is 15.0. The highest BCUT2D eigenvalue weighted by molar-refractivity contribution is 5.18. The smallest absolute Gasteiger partial charge is 0.234 e. The summed E-state index contributed by atoms with van der Waals surface area (Å²) in [6, 6.07) is 10.9. The molecule has 2 aromatic rings. The Kier molecular flexibility index (Phi) is 16.6. The van der Waals surface area contributed by atoms with Crippen LogP contribution in [0.25, 0.3) is 0 Å². The first kappa shape index (κ1) is 28.7. The highest BCUT2D eigenvalue weighted by atomic mass is 15.1. The second kappa shape index (κ2) is 19.7. The van der Waals surface area contributed by atoms with E-state index in [0.717, 1.165) is 19.5 Å². The summed E-state index contributed by atoms with van der Waals surface area (Å²) < 4.78 is 4.97. The van der Waals surface area contributed by atoms with E-state index >= 15 is 0 Å². The Morgan fingerprint density at radius 3 is 1.59 bits per heavy atom. The normalized spacial score (nSPS) is 11.4. The lowest BCUT2D eigenvalue weighted by atomic mass is 10.0. The number of aryl methyl sites for hydroxylation is 2. The van der Waals surface area contributed by atoms with Crippen LogP contribution in [0.3, 0.4) is 0 Å². The third-order valence-corrected chi connectivity index (χ3v) is 7.26. The fourth-order valence-corrected chi connectivity index (χ4v) is 5.13. The number of imidazole rings is 1. The van der Waals surface area contributed by atoms with Gasteiger partial charge in [0, 0.05) is 0 Å². The van der Waals surface area contributed by atoms with E-state index in [9.17, 15) is 0 Å². The minimum atomic E-state index is 1.03. The predicted molar refractivity (Wildman–Crippen MR) is 148 cm³/mol. The molecule has 1 aromatic heterocycles. The van der Waals surface area contributed by atoms with Gasteiger partial charge >= 0.3 is 0 Å². The van der Waals surface area contributed by atoms with Gasteiger partial charge in [-0.15, -0.1) is 0 Å². The molecule has 0 radical (unpaired) electrons. The van der Waals surface area contributed by atoms with Crippen molar-refractivity contribution in [1.82, 2.24) is 4.57 Å². The zero-order chi connectivity index (χ0) is 24.1. The van der Waals surface area contributed by atoms with Gasteiger partial charge in [-0.25, -0.2) is 9.13 Å². The van der Waals surface area contributed by atoms with Gasteiger partial charge in [-0.2, -0.15) is 0 Å². The molecular weight excluding hydrogens is 412 g/mol. The van der Waals surface area contributed by atoms with Crippen LogP contribution in [-0.4, -0.2) is 4.57 Å². The zero-order valence-corrected chi connectivity index (χ0v) is 22.8. The number of rotatable bonds is 22. The lowest BCUT2D eigenvalue weighted by Gasteiger charge is -2.06. The van der Waals surface area contributed by atoms with Crippen molar-refractivity contribution in [2.75, 3.05) is 0 Å². The molecule has 0 amide bonds. The summed E-state index contributed by atoms with van der Waals surface area (Å²) >= 11 is 0. The molecule has 0 bridgehead atoms. The van der Waals surface area contributed by atoms with Crippen LogP contribution in [0, 0.1) is 0 Å². The van der Waals surface area contributed by atoms with Gasteiger partial charge in [-0.3, -0.25) is 0 Å². The third kappa shape index (κ3) is 12.8. The predicted octanol–water partition coefficient (Wildman–Crippen LogP) is 9.43. The van der Waals surface area contributed by atoms with E-state index in [1.807, 2.05) is 0 Å². The van der Waals surface area contributed by atoms with E-state index in [4.69, 9.17) is 0 Å². The number of benzene rings is 1. The molecule has 1 aromatic carbocycles. The van der Waals surface area contributed by atoms with Gasteiger partial charge in [-0.1, -0.05) is 140 Å². The van der Waals surface area contributed by atoms with Gasteiger partial charge in [-0.05, 0) is 24.8 Å². The van der Waals surface area contributed by atoms with Gasteiger partial charge in [0.15, 0.2) is 0 Å². The van der Waals surface area contributed by atoms with Gasteiger partial charge in [0.05, 0.1) is 19.5 Å². The minimum Gasteiger partial charge on any atom is -0.234 e. The summed E-state index contributed by atoms with van der Waals surface area (Å²) in [6.45, 7) is 6.86. The summed E-state index contributed by atoms with van der Waals surface area (Å²) in [5.41, 5.74) is 1.41. The maximum atomic E-state index is 2.51. The van der Waals surface area contributed by atoms with E-state index < -0.39 is 0 Å². The van der Waals surface area contributed by atoms with Crippen molar-refractivity contribution >= 4 is 0 Å². The van der Waals surface area contributed by atoms with Crippen molar-refractivity contribution in [3.8, 4) is 0 Å². The molecule has 0 N–H and O–H groups in total. The van der Waals surface area contributed by atoms with Crippen molar-refractivity contribution in [3.63, 3.8) is 0 Å². The topological polar surface area (TPSA) is 8.81 Å². The fourth-order valence-electron chi connectivity index (χ4n) is 5.13. The first-order valence-corrected chi connectivity index (χ1v) is 15.0. The lowest BCUT2D eigenvalue weighted by molar-refractivity contribution is -0.703. The number of hydrogen-bond donors (Lipinski definition) is 0. The molecule has 0 spiro atoms. The zero-order valence-electron chi connectivity index (χ0n) is 22.8. The van der Waals surface area contributed by atoms with Gasteiger partial charge in [0.1, 0.15) is 12.4 Å². The van der Waals surface area contributed by atoms with Gasteiger partial charge in [0.25, 0.3) is 5.82 Å². The average Bonchev–Trinajstić information content (AvgIpc) is 3.23. The Morgan fingerprint density at radius 1 is 0.588 bits per heavy atom. The molecule has 0 saturated heterocycles. The molecule has 0 saturated carbocycles. The summed E-state index contributed by atoms with van der Waals surface area (Å²) in [7, 11) is 0. The van der Waals surface area contributed by atoms with Crippen LogP contribution in [0.4, 0.5) is 0 Å². The number of nitrogens with zero attached hydrogens (tertiary/aromatic N) is 2. The Balaban J connectivity index is 1.47. The van der Waals surface area contributed by atoms with Crippen molar-refractivity contribution in [2.45, 2.75) is 149 Å². The summed E-state index contributed by atoms with van der Waals surface area (Å²) in [5, 5.41) is 0. The number of aromatic nitrogens is 2. The number of hydrogen-bond acceptors (Lipinski definition) is 0. The van der Waals surface area contributed by atoms with Crippen molar-refractivity contribution in [3.05, 3.63) is 54.1 Å². The lowest BCUT2D eigenvalue weighted by Crippen LogP contribution is -2.37. The second-order valence-electron chi connectivity index (χ2n) is 10.4. The second-order valence-corrected chi connectivity index (χ2v) is 10.4. The van der Waals surface area contributed by atoms with Crippen molar-refractivity contribution in [1.29, 1.82) is 0 Å². The highest BCUT2D eigenvalue weighted by Crippen LogP contribution is 2.14. The number of unbranched alkanes of at least 4 members (excludes halogenated alkanes) is 16. The Labute approximate surface area is 212 Å². The van der Waals surface area contributed by atoms with Crippen LogP contribution in [-0.2, 0) is 19.5 Å². The van der Waals surface area contributed by atoms with E-state index in [0.29, 0.717) is 0 Å². The Morgan fingerprint density at radius 2 is 1.09 bits per heavy atom. The molecule has 0 aliphatic carbocycles. The molecule has 0 atom stereocenters. The first-order chi connectivity index (χ1) is 16.8.